The van der Waals surface area contributed by atoms with Crippen LogP contribution in [0.25, 0.3) is 0 Å². The Bertz CT molecular complexity index is 550. The number of methoxy groups -OCH3 is 1. The highest BCUT2D eigenvalue weighted by Crippen LogP contribution is 2.19. The smallest absolute Gasteiger partial charge is 0.268 e. The summed E-state index contributed by atoms with van der Waals surface area (Å²) in [6.07, 6.45) is 1.88. The molecule has 1 N–H and O–H groups in total. The van der Waals surface area contributed by atoms with Crippen LogP contribution in [-0.2, 0) is 17.8 Å². The highest BCUT2D eigenvalue weighted by molar-refractivity contribution is 9.10. The summed E-state index contributed by atoms with van der Waals surface area (Å²) in [6, 6.07) is 5.69. The normalized spacial score (nSPS) is 10.6. The molecule has 6 heteroatoms. The number of hydrogen-bond acceptors (Lipinski definition) is 3. The van der Waals surface area contributed by atoms with Crippen molar-refractivity contribution in [2.24, 2.45) is 0 Å². The molecule has 0 saturated heterocycles. The van der Waals surface area contributed by atoms with Crippen molar-refractivity contribution >= 4 is 33.2 Å². The van der Waals surface area contributed by atoms with Crippen molar-refractivity contribution in [3.05, 3.63) is 44.8 Å². The van der Waals surface area contributed by atoms with Gasteiger partial charge in [-0.05, 0) is 34.1 Å². The van der Waals surface area contributed by atoms with Crippen molar-refractivity contribution in [2.75, 3.05) is 13.7 Å². The predicted molar refractivity (Wildman–Crippen MR) is 79.5 cm³/mol. The number of hydrogen-bond donors (Lipinski definition) is 1. The molecule has 2 aromatic heterocycles. The summed E-state index contributed by atoms with van der Waals surface area (Å²) in [5, 5.41) is 4.92. The van der Waals surface area contributed by atoms with Gasteiger partial charge < -0.3 is 14.6 Å². The molecule has 0 fully saturated rings. The third-order valence-corrected chi connectivity index (χ3v) is 4.34. The lowest BCUT2D eigenvalue weighted by Crippen LogP contribution is -2.25. The molecular weight excluding hydrogens is 328 g/mol. The minimum atomic E-state index is -0.0642. The molecule has 0 radical (unpaired) electrons. The van der Waals surface area contributed by atoms with Crippen molar-refractivity contribution in [3.8, 4) is 0 Å². The Labute approximate surface area is 124 Å². The molecule has 0 atom stereocenters. The van der Waals surface area contributed by atoms with Crippen LogP contribution in [0.4, 0.5) is 0 Å². The standard InChI is InChI=1S/C13H15BrN2O2S/c1-18-6-5-16-4-2-3-12(16)13(17)15-8-11-7-10(14)9-19-11/h2-4,7,9H,5-6,8H2,1H3,(H,15,17). The third-order valence-electron chi connectivity index (χ3n) is 2.64. The number of nitrogens with one attached hydrogen (secondary N) is 1. The van der Waals surface area contributed by atoms with Gasteiger partial charge in [0.15, 0.2) is 0 Å². The SMILES string of the molecule is COCCn1cccc1C(=O)NCc1cc(Br)cs1. The van der Waals surface area contributed by atoms with E-state index in [0.29, 0.717) is 25.4 Å². The highest BCUT2D eigenvalue weighted by Gasteiger charge is 2.10. The number of amides is 1. The topological polar surface area (TPSA) is 43.3 Å². The number of rotatable bonds is 6. The highest BCUT2D eigenvalue weighted by atomic mass is 79.9. The van der Waals surface area contributed by atoms with Crippen LogP contribution in [0.5, 0.6) is 0 Å². The van der Waals surface area contributed by atoms with Gasteiger partial charge in [0.1, 0.15) is 5.69 Å². The summed E-state index contributed by atoms with van der Waals surface area (Å²) < 4.78 is 7.96. The van der Waals surface area contributed by atoms with Crippen LogP contribution in [0.15, 0.2) is 34.2 Å². The van der Waals surface area contributed by atoms with E-state index in [1.165, 1.54) is 0 Å². The summed E-state index contributed by atoms with van der Waals surface area (Å²) >= 11 is 5.02. The molecule has 19 heavy (non-hydrogen) atoms. The quantitative estimate of drug-likeness (QED) is 0.877. The van der Waals surface area contributed by atoms with Crippen molar-refractivity contribution in [1.82, 2.24) is 9.88 Å². The fourth-order valence-electron chi connectivity index (χ4n) is 1.71. The van der Waals surface area contributed by atoms with E-state index in [2.05, 4.69) is 21.2 Å². The molecule has 0 aliphatic carbocycles. The van der Waals surface area contributed by atoms with Gasteiger partial charge in [0.05, 0.1) is 13.2 Å². The first-order valence-electron chi connectivity index (χ1n) is 5.86. The molecule has 2 rings (SSSR count). The molecule has 0 saturated carbocycles. The number of carbonyl (C=O) groups is 1. The van der Waals surface area contributed by atoms with E-state index in [4.69, 9.17) is 4.74 Å². The maximum atomic E-state index is 12.1. The van der Waals surface area contributed by atoms with Crippen molar-refractivity contribution in [2.45, 2.75) is 13.1 Å². The Morgan fingerprint density at radius 1 is 1.58 bits per heavy atom. The van der Waals surface area contributed by atoms with E-state index < -0.39 is 0 Å². The molecule has 0 spiro atoms. The van der Waals surface area contributed by atoms with E-state index >= 15 is 0 Å². The van der Waals surface area contributed by atoms with Gasteiger partial charge in [-0.3, -0.25) is 4.79 Å². The maximum absolute atomic E-state index is 12.1. The molecule has 4 nitrogen and oxygen atoms in total. The monoisotopic (exact) mass is 342 g/mol. The maximum Gasteiger partial charge on any atom is 0.268 e. The molecule has 1 amide bonds. The van der Waals surface area contributed by atoms with Gasteiger partial charge in [-0.1, -0.05) is 0 Å². The lowest BCUT2D eigenvalue weighted by molar-refractivity contribution is 0.0939. The van der Waals surface area contributed by atoms with Crippen molar-refractivity contribution < 1.29 is 9.53 Å². The Balaban J connectivity index is 1.94. The lowest BCUT2D eigenvalue weighted by atomic mass is 10.3. The zero-order valence-electron chi connectivity index (χ0n) is 10.6. The van der Waals surface area contributed by atoms with Gasteiger partial charge >= 0.3 is 0 Å². The molecule has 0 aliphatic rings. The van der Waals surface area contributed by atoms with Crippen LogP contribution >= 0.6 is 27.3 Å². The van der Waals surface area contributed by atoms with E-state index in [-0.39, 0.29) is 5.91 Å². The fraction of sp³-hybridized carbons (Fsp3) is 0.308. The zero-order valence-corrected chi connectivity index (χ0v) is 13.0. The average molecular weight is 343 g/mol. The van der Waals surface area contributed by atoms with Crippen LogP contribution < -0.4 is 5.32 Å². The van der Waals surface area contributed by atoms with Crippen molar-refractivity contribution in [3.63, 3.8) is 0 Å². The number of carbonyl (C=O) groups excluding carboxylic acids is 1. The molecule has 0 bridgehead atoms. The molecule has 2 aromatic rings. The molecule has 0 aromatic carbocycles. The largest absolute Gasteiger partial charge is 0.383 e. The van der Waals surface area contributed by atoms with Gasteiger partial charge in [-0.2, -0.15) is 0 Å². The molecular formula is C13H15BrN2O2S. The summed E-state index contributed by atoms with van der Waals surface area (Å²) in [5.74, 6) is -0.0642. The van der Waals surface area contributed by atoms with Crippen molar-refractivity contribution in [1.29, 1.82) is 0 Å². The Morgan fingerprint density at radius 2 is 2.42 bits per heavy atom. The van der Waals surface area contributed by atoms with Gasteiger partial charge in [0.25, 0.3) is 5.91 Å². The molecule has 0 unspecified atom stereocenters. The Hall–Kier alpha value is -1.11. The second-order valence-electron chi connectivity index (χ2n) is 3.99. The van der Waals surface area contributed by atoms with E-state index in [1.807, 2.05) is 34.3 Å². The Kier molecular flexibility index (Phi) is 5.18. The summed E-state index contributed by atoms with van der Waals surface area (Å²) in [6.45, 7) is 1.81. The first-order valence-corrected chi connectivity index (χ1v) is 7.53. The molecule has 102 valence electrons. The number of aromatic nitrogens is 1. The molecule has 0 aliphatic heterocycles. The first kappa shape index (κ1) is 14.3. The van der Waals surface area contributed by atoms with E-state index in [1.54, 1.807) is 18.4 Å². The lowest BCUT2D eigenvalue weighted by Gasteiger charge is -2.08. The van der Waals surface area contributed by atoms with E-state index in [9.17, 15) is 4.79 Å². The summed E-state index contributed by atoms with van der Waals surface area (Å²) in [7, 11) is 1.65. The summed E-state index contributed by atoms with van der Waals surface area (Å²) in [5.41, 5.74) is 0.660. The average Bonchev–Trinajstić information content (AvgIpc) is 3.02. The van der Waals surface area contributed by atoms with Gasteiger partial charge in [0.2, 0.25) is 0 Å². The number of halogens is 1. The van der Waals surface area contributed by atoms with Gasteiger partial charge in [-0.15, -0.1) is 11.3 Å². The predicted octanol–water partition coefficient (Wildman–Crippen LogP) is 2.89. The molecule has 2 heterocycles. The van der Waals surface area contributed by atoms with Gasteiger partial charge in [0, 0.05) is 34.6 Å². The minimum Gasteiger partial charge on any atom is -0.383 e. The van der Waals surface area contributed by atoms with Crippen LogP contribution in [0.1, 0.15) is 15.4 Å². The van der Waals surface area contributed by atoms with Crippen LogP contribution in [0, 0.1) is 0 Å². The minimum absolute atomic E-state index is 0.0642. The zero-order chi connectivity index (χ0) is 13.7. The number of ether oxygens (including phenoxy) is 1. The third kappa shape index (κ3) is 3.92. The fourth-order valence-corrected chi connectivity index (χ4v) is 3.10. The van der Waals surface area contributed by atoms with E-state index in [0.717, 1.165) is 9.35 Å². The number of thiophene rings is 1. The Morgan fingerprint density at radius 3 is 3.11 bits per heavy atom. The first-order chi connectivity index (χ1) is 9.20. The summed E-state index contributed by atoms with van der Waals surface area (Å²) in [4.78, 5) is 13.2. The second kappa shape index (κ2) is 6.88. The van der Waals surface area contributed by atoms with Gasteiger partial charge in [-0.25, -0.2) is 0 Å². The number of nitrogens with zero attached hydrogens (tertiary/aromatic N) is 1. The van der Waals surface area contributed by atoms with Crippen LogP contribution in [-0.4, -0.2) is 24.2 Å². The van der Waals surface area contributed by atoms with Crippen LogP contribution in [0.2, 0.25) is 0 Å². The van der Waals surface area contributed by atoms with Crippen LogP contribution in [0.3, 0.4) is 0 Å². The second-order valence-corrected chi connectivity index (χ2v) is 5.90.